The van der Waals surface area contributed by atoms with Crippen molar-refractivity contribution in [3.05, 3.63) is 18.7 Å². The van der Waals surface area contributed by atoms with Crippen LogP contribution in [-0.4, -0.2) is 56.1 Å². The highest BCUT2D eigenvalue weighted by Crippen LogP contribution is 2.08. The Labute approximate surface area is 117 Å². The third-order valence-corrected chi connectivity index (χ3v) is 2.80. The van der Waals surface area contributed by atoms with E-state index in [4.69, 9.17) is 5.84 Å². The second kappa shape index (κ2) is 6.78. The molecular weight excluding hydrogens is 258 g/mol. The van der Waals surface area contributed by atoms with Gasteiger partial charge in [0.25, 0.3) is 0 Å². The van der Waals surface area contributed by atoms with Gasteiger partial charge in [-0.3, -0.25) is 9.99 Å². The monoisotopic (exact) mass is 277 g/mol. The number of nitrogens with one attached hydrogen (secondary N) is 2. The largest absolute Gasteiger partial charge is 0.353 e. The molecule has 0 bridgehead atoms. The number of nitrogens with two attached hydrogens (primary N) is 1. The van der Waals surface area contributed by atoms with E-state index in [0.29, 0.717) is 17.8 Å². The second-order valence-corrected chi connectivity index (χ2v) is 4.22. The first-order chi connectivity index (χ1) is 9.72. The maximum absolute atomic E-state index is 5.38. The third-order valence-electron chi connectivity index (χ3n) is 2.80. The number of hydrogen-bond donors (Lipinski definition) is 3. The zero-order chi connectivity index (χ0) is 14.4. The number of likely N-dealkylation sites (N-methyl/N-ethyl adjacent to an activating group) is 1. The standard InChI is InChI=1S/C11H19N9/c1-3-19(2)6-5-14-9-15-10(18-12)17-11(16-9)20-7-4-13-8-20/h4,7-8H,3,5-6,12H2,1-2H3,(H2,14,15,16,17,18). The van der Waals surface area contributed by atoms with Gasteiger partial charge in [0.05, 0.1) is 0 Å². The Hall–Kier alpha value is -2.26. The lowest BCUT2D eigenvalue weighted by atomic mass is 10.5. The van der Waals surface area contributed by atoms with Gasteiger partial charge < -0.3 is 10.2 Å². The summed E-state index contributed by atoms with van der Waals surface area (Å²) >= 11 is 0. The summed E-state index contributed by atoms with van der Waals surface area (Å²) in [6, 6.07) is 0. The van der Waals surface area contributed by atoms with E-state index in [1.165, 1.54) is 0 Å². The van der Waals surface area contributed by atoms with Crippen molar-refractivity contribution >= 4 is 11.9 Å². The van der Waals surface area contributed by atoms with Gasteiger partial charge in [-0.1, -0.05) is 6.92 Å². The lowest BCUT2D eigenvalue weighted by molar-refractivity contribution is 0.367. The lowest BCUT2D eigenvalue weighted by Crippen LogP contribution is -2.25. The molecule has 0 aromatic carbocycles. The zero-order valence-electron chi connectivity index (χ0n) is 11.6. The third kappa shape index (κ3) is 3.62. The van der Waals surface area contributed by atoms with E-state index in [2.05, 4.69) is 49.5 Å². The Morgan fingerprint density at radius 2 is 2.10 bits per heavy atom. The number of hydrazine groups is 1. The molecule has 0 saturated heterocycles. The topological polar surface area (TPSA) is 110 Å². The second-order valence-electron chi connectivity index (χ2n) is 4.22. The molecule has 0 spiro atoms. The predicted octanol–water partition coefficient (Wildman–Crippen LogP) is -0.293. The normalized spacial score (nSPS) is 10.8. The average molecular weight is 277 g/mol. The van der Waals surface area contributed by atoms with Crippen LogP contribution in [0.4, 0.5) is 11.9 Å². The Balaban J connectivity index is 2.10. The fourth-order valence-electron chi connectivity index (χ4n) is 1.52. The summed E-state index contributed by atoms with van der Waals surface area (Å²) in [4.78, 5) is 18.8. The molecule has 0 saturated carbocycles. The molecule has 0 fully saturated rings. The minimum absolute atomic E-state index is 0.301. The summed E-state index contributed by atoms with van der Waals surface area (Å²) in [5.41, 5.74) is 2.43. The van der Waals surface area contributed by atoms with E-state index in [0.717, 1.165) is 19.6 Å². The Bertz CT molecular complexity index is 525. The highest BCUT2D eigenvalue weighted by atomic mass is 15.4. The van der Waals surface area contributed by atoms with Crippen LogP contribution in [0.5, 0.6) is 0 Å². The first kappa shape index (κ1) is 14.2. The van der Waals surface area contributed by atoms with Crippen LogP contribution in [0.3, 0.4) is 0 Å². The van der Waals surface area contributed by atoms with E-state index >= 15 is 0 Å². The summed E-state index contributed by atoms with van der Waals surface area (Å²) < 4.78 is 1.69. The Morgan fingerprint density at radius 3 is 2.75 bits per heavy atom. The average Bonchev–Trinajstić information content (AvgIpc) is 3.01. The van der Waals surface area contributed by atoms with Crippen LogP contribution in [-0.2, 0) is 0 Å². The zero-order valence-corrected chi connectivity index (χ0v) is 11.6. The molecular formula is C11H19N9. The highest BCUT2D eigenvalue weighted by Gasteiger charge is 2.07. The van der Waals surface area contributed by atoms with Gasteiger partial charge in [0.2, 0.25) is 17.8 Å². The number of nitrogens with zero attached hydrogens (tertiary/aromatic N) is 6. The molecule has 0 amide bonds. The van der Waals surface area contributed by atoms with E-state index in [9.17, 15) is 0 Å². The van der Waals surface area contributed by atoms with Gasteiger partial charge in [-0.2, -0.15) is 15.0 Å². The number of nitrogen functional groups attached to an aromatic ring is 1. The van der Waals surface area contributed by atoms with Gasteiger partial charge >= 0.3 is 0 Å². The van der Waals surface area contributed by atoms with Crippen molar-refractivity contribution in [2.45, 2.75) is 6.92 Å². The summed E-state index contributed by atoms with van der Waals surface area (Å²) in [5, 5.41) is 3.15. The number of imidazole rings is 1. The van der Waals surface area contributed by atoms with Crippen LogP contribution in [0.25, 0.3) is 5.95 Å². The summed E-state index contributed by atoms with van der Waals surface area (Å²) in [6.45, 7) is 4.74. The van der Waals surface area contributed by atoms with E-state index in [1.54, 1.807) is 23.3 Å². The van der Waals surface area contributed by atoms with Crippen molar-refractivity contribution < 1.29 is 0 Å². The SMILES string of the molecule is CCN(C)CCNc1nc(NN)nc(-n2ccnc2)n1. The number of hydrogen-bond acceptors (Lipinski definition) is 8. The predicted molar refractivity (Wildman–Crippen MR) is 76.4 cm³/mol. The maximum Gasteiger partial charge on any atom is 0.243 e. The van der Waals surface area contributed by atoms with Crippen molar-refractivity contribution in [3.63, 3.8) is 0 Å². The lowest BCUT2D eigenvalue weighted by Gasteiger charge is -2.14. The highest BCUT2D eigenvalue weighted by molar-refractivity contribution is 5.37. The van der Waals surface area contributed by atoms with Crippen LogP contribution in [0.15, 0.2) is 18.7 Å². The van der Waals surface area contributed by atoms with E-state index in [1.807, 2.05) is 0 Å². The van der Waals surface area contributed by atoms with Crippen LogP contribution in [0, 0.1) is 0 Å². The first-order valence-electron chi connectivity index (χ1n) is 6.36. The quantitative estimate of drug-likeness (QED) is 0.467. The summed E-state index contributed by atoms with van der Waals surface area (Å²) in [6.07, 6.45) is 5.02. The Kier molecular flexibility index (Phi) is 4.80. The molecule has 2 heterocycles. The van der Waals surface area contributed by atoms with Crippen molar-refractivity contribution in [1.82, 2.24) is 29.4 Å². The van der Waals surface area contributed by atoms with E-state index < -0.39 is 0 Å². The summed E-state index contributed by atoms with van der Waals surface area (Å²) in [5.74, 6) is 6.61. The van der Waals surface area contributed by atoms with Gasteiger partial charge in [0, 0.05) is 25.5 Å². The smallest absolute Gasteiger partial charge is 0.243 e. The molecule has 20 heavy (non-hydrogen) atoms. The van der Waals surface area contributed by atoms with Crippen LogP contribution < -0.4 is 16.6 Å². The van der Waals surface area contributed by atoms with Crippen LogP contribution >= 0.6 is 0 Å². The van der Waals surface area contributed by atoms with Gasteiger partial charge in [-0.15, -0.1) is 0 Å². The van der Waals surface area contributed by atoms with Crippen molar-refractivity contribution in [2.75, 3.05) is 37.4 Å². The fourth-order valence-corrected chi connectivity index (χ4v) is 1.52. The molecule has 2 rings (SSSR count). The molecule has 0 atom stereocenters. The molecule has 108 valence electrons. The molecule has 0 radical (unpaired) electrons. The van der Waals surface area contributed by atoms with Gasteiger partial charge in [0.15, 0.2) is 0 Å². The van der Waals surface area contributed by atoms with Crippen molar-refractivity contribution in [1.29, 1.82) is 0 Å². The van der Waals surface area contributed by atoms with Gasteiger partial charge in [0.1, 0.15) is 6.33 Å². The molecule has 9 heteroatoms. The van der Waals surface area contributed by atoms with E-state index in [-0.39, 0.29) is 0 Å². The minimum Gasteiger partial charge on any atom is -0.353 e. The fraction of sp³-hybridized carbons (Fsp3) is 0.455. The number of rotatable bonds is 7. The van der Waals surface area contributed by atoms with Gasteiger partial charge in [-0.25, -0.2) is 10.8 Å². The minimum atomic E-state index is 0.301. The molecule has 4 N–H and O–H groups in total. The van der Waals surface area contributed by atoms with Crippen LogP contribution in [0.1, 0.15) is 6.92 Å². The molecule has 9 nitrogen and oxygen atoms in total. The molecule has 0 aliphatic carbocycles. The number of anilines is 2. The van der Waals surface area contributed by atoms with Crippen LogP contribution in [0.2, 0.25) is 0 Å². The maximum atomic E-state index is 5.38. The number of aromatic nitrogens is 5. The van der Waals surface area contributed by atoms with Crippen molar-refractivity contribution in [2.24, 2.45) is 5.84 Å². The molecule has 0 unspecified atom stereocenters. The molecule has 2 aromatic rings. The molecule has 2 aromatic heterocycles. The van der Waals surface area contributed by atoms with Gasteiger partial charge in [-0.05, 0) is 13.6 Å². The Morgan fingerprint density at radius 1 is 1.30 bits per heavy atom. The summed E-state index contributed by atoms with van der Waals surface area (Å²) in [7, 11) is 2.05. The first-order valence-corrected chi connectivity index (χ1v) is 6.36. The molecule has 0 aliphatic heterocycles. The molecule has 0 aliphatic rings. The van der Waals surface area contributed by atoms with Crippen molar-refractivity contribution in [3.8, 4) is 5.95 Å².